The highest BCUT2D eigenvalue weighted by molar-refractivity contribution is 5.93. The van der Waals surface area contributed by atoms with E-state index in [1.165, 1.54) is 0 Å². The first-order valence-electron chi connectivity index (χ1n) is 5.66. The molecule has 0 amide bonds. The predicted molar refractivity (Wildman–Crippen MR) is 63.4 cm³/mol. The summed E-state index contributed by atoms with van der Waals surface area (Å²) in [5, 5.41) is 9.13. The van der Waals surface area contributed by atoms with Crippen molar-refractivity contribution in [3.63, 3.8) is 0 Å². The molecule has 0 radical (unpaired) electrons. The van der Waals surface area contributed by atoms with Crippen LogP contribution >= 0.6 is 0 Å². The highest BCUT2D eigenvalue weighted by Gasteiger charge is 2.26. The molecule has 1 aromatic heterocycles. The molecule has 2 rings (SSSR count). The van der Waals surface area contributed by atoms with Gasteiger partial charge < -0.3 is 14.7 Å². The lowest BCUT2D eigenvalue weighted by Crippen LogP contribution is -2.46. The van der Waals surface area contributed by atoms with E-state index >= 15 is 0 Å². The Morgan fingerprint density at radius 3 is 2.71 bits per heavy atom. The quantitative estimate of drug-likeness (QED) is 0.840. The Morgan fingerprint density at radius 1 is 1.47 bits per heavy atom. The first-order valence-corrected chi connectivity index (χ1v) is 5.66. The number of hydrogen-bond acceptors (Lipinski definition) is 4. The molecule has 1 aliphatic rings. The minimum atomic E-state index is -0.945. The van der Waals surface area contributed by atoms with E-state index in [1.54, 1.807) is 18.3 Å². The van der Waals surface area contributed by atoms with E-state index in [0.717, 1.165) is 0 Å². The molecule has 1 N–H and O–H groups in total. The van der Waals surface area contributed by atoms with Crippen LogP contribution in [0.1, 0.15) is 24.2 Å². The average Bonchev–Trinajstić information content (AvgIpc) is 2.27. The van der Waals surface area contributed by atoms with Crippen molar-refractivity contribution in [1.29, 1.82) is 0 Å². The van der Waals surface area contributed by atoms with E-state index < -0.39 is 5.97 Å². The molecule has 1 aliphatic heterocycles. The number of ether oxygens (including phenoxy) is 1. The van der Waals surface area contributed by atoms with Crippen LogP contribution < -0.4 is 4.90 Å². The molecule has 2 atom stereocenters. The van der Waals surface area contributed by atoms with Crippen LogP contribution in [0, 0.1) is 0 Å². The number of carboxylic acids is 1. The number of aromatic carboxylic acids is 1. The monoisotopic (exact) mass is 236 g/mol. The maximum atomic E-state index is 11.1. The van der Waals surface area contributed by atoms with E-state index in [0.29, 0.717) is 18.9 Å². The van der Waals surface area contributed by atoms with Gasteiger partial charge in [0.15, 0.2) is 0 Å². The Morgan fingerprint density at radius 2 is 2.12 bits per heavy atom. The number of nitrogens with zero attached hydrogens (tertiary/aromatic N) is 2. The minimum absolute atomic E-state index is 0.0856. The number of hydrogen-bond donors (Lipinski definition) is 1. The van der Waals surface area contributed by atoms with Gasteiger partial charge in [-0.3, -0.25) is 0 Å². The van der Waals surface area contributed by atoms with Crippen molar-refractivity contribution in [3.05, 3.63) is 23.9 Å². The highest BCUT2D eigenvalue weighted by Crippen LogP contribution is 2.21. The molecule has 1 saturated heterocycles. The minimum Gasteiger partial charge on any atom is -0.478 e. The number of morpholine rings is 1. The van der Waals surface area contributed by atoms with E-state index in [-0.39, 0.29) is 17.8 Å². The molecular weight excluding hydrogens is 220 g/mol. The van der Waals surface area contributed by atoms with Gasteiger partial charge in [-0.25, -0.2) is 9.78 Å². The summed E-state index contributed by atoms with van der Waals surface area (Å²) in [7, 11) is 0. The first-order chi connectivity index (χ1) is 8.08. The van der Waals surface area contributed by atoms with Gasteiger partial charge in [-0.05, 0) is 26.0 Å². The van der Waals surface area contributed by atoms with E-state index in [9.17, 15) is 4.79 Å². The Labute approximate surface area is 100 Å². The summed E-state index contributed by atoms with van der Waals surface area (Å²) in [6.07, 6.45) is 1.79. The van der Waals surface area contributed by atoms with Gasteiger partial charge in [0.1, 0.15) is 11.4 Å². The van der Waals surface area contributed by atoms with Crippen LogP contribution in [0.2, 0.25) is 0 Å². The molecule has 5 heteroatoms. The molecule has 92 valence electrons. The van der Waals surface area contributed by atoms with E-state index in [4.69, 9.17) is 9.84 Å². The lowest BCUT2D eigenvalue weighted by Gasteiger charge is -2.36. The number of aromatic nitrogens is 1. The fourth-order valence-electron chi connectivity index (χ4n) is 2.17. The third kappa shape index (κ3) is 2.55. The fourth-order valence-corrected chi connectivity index (χ4v) is 2.17. The summed E-state index contributed by atoms with van der Waals surface area (Å²) in [5.74, 6) is -0.415. The van der Waals surface area contributed by atoms with Crippen LogP contribution in [0.15, 0.2) is 18.3 Å². The molecule has 2 heterocycles. The van der Waals surface area contributed by atoms with Crippen LogP contribution in [0.4, 0.5) is 5.82 Å². The molecule has 0 unspecified atom stereocenters. The lowest BCUT2D eigenvalue weighted by atomic mass is 10.2. The van der Waals surface area contributed by atoms with Gasteiger partial charge in [-0.15, -0.1) is 0 Å². The van der Waals surface area contributed by atoms with Gasteiger partial charge in [0.25, 0.3) is 0 Å². The molecule has 0 spiro atoms. The molecule has 0 aromatic carbocycles. The molecule has 1 aromatic rings. The Hall–Kier alpha value is -1.62. The van der Waals surface area contributed by atoms with Gasteiger partial charge in [0, 0.05) is 19.3 Å². The van der Waals surface area contributed by atoms with Crippen LogP contribution in [0.25, 0.3) is 0 Å². The fraction of sp³-hybridized carbons (Fsp3) is 0.500. The van der Waals surface area contributed by atoms with E-state index in [2.05, 4.69) is 4.98 Å². The zero-order valence-electron chi connectivity index (χ0n) is 9.96. The second-order valence-electron chi connectivity index (χ2n) is 4.34. The van der Waals surface area contributed by atoms with Gasteiger partial charge in [0.2, 0.25) is 0 Å². The zero-order valence-corrected chi connectivity index (χ0v) is 9.96. The predicted octanol–water partition coefficient (Wildman–Crippen LogP) is 1.39. The topological polar surface area (TPSA) is 62.7 Å². The van der Waals surface area contributed by atoms with Crippen LogP contribution in [0.3, 0.4) is 0 Å². The third-order valence-electron chi connectivity index (χ3n) is 2.74. The molecular formula is C12H16N2O3. The summed E-state index contributed by atoms with van der Waals surface area (Å²) in [5.41, 5.74) is 0.244. The highest BCUT2D eigenvalue weighted by atomic mass is 16.5. The van der Waals surface area contributed by atoms with Crippen molar-refractivity contribution in [2.75, 3.05) is 18.0 Å². The second-order valence-corrected chi connectivity index (χ2v) is 4.34. The summed E-state index contributed by atoms with van der Waals surface area (Å²) < 4.78 is 5.62. The maximum absolute atomic E-state index is 11.1. The van der Waals surface area contributed by atoms with Crippen LogP contribution in [-0.4, -0.2) is 41.4 Å². The van der Waals surface area contributed by atoms with Crippen LogP contribution in [0.5, 0.6) is 0 Å². The van der Waals surface area contributed by atoms with Crippen molar-refractivity contribution in [3.8, 4) is 0 Å². The van der Waals surface area contributed by atoms with Crippen molar-refractivity contribution in [2.24, 2.45) is 0 Å². The normalized spacial score (nSPS) is 24.7. The number of pyridine rings is 1. The van der Waals surface area contributed by atoms with Gasteiger partial charge in [-0.2, -0.15) is 0 Å². The summed E-state index contributed by atoms with van der Waals surface area (Å²) in [4.78, 5) is 17.3. The Balaban J connectivity index is 2.30. The van der Waals surface area contributed by atoms with Gasteiger partial charge >= 0.3 is 5.97 Å². The van der Waals surface area contributed by atoms with Crippen molar-refractivity contribution >= 4 is 11.8 Å². The Kier molecular flexibility index (Phi) is 3.28. The smallest absolute Gasteiger partial charge is 0.339 e. The van der Waals surface area contributed by atoms with Gasteiger partial charge in [0.05, 0.1) is 12.2 Å². The average molecular weight is 236 g/mol. The number of carbonyl (C=O) groups is 1. The first kappa shape index (κ1) is 11.9. The summed E-state index contributed by atoms with van der Waals surface area (Å²) >= 11 is 0. The third-order valence-corrected chi connectivity index (χ3v) is 2.74. The standard InChI is InChI=1S/C12H16N2O3/c1-8-6-14(7-9(2)17-8)11-10(12(15)16)4-3-5-13-11/h3-5,8-9H,6-7H2,1-2H3,(H,15,16)/t8-,9-/m1/s1. The summed E-state index contributed by atoms with van der Waals surface area (Å²) in [6.45, 7) is 5.29. The SMILES string of the molecule is C[C@@H]1CN(c2ncccc2C(=O)O)C[C@@H](C)O1. The molecule has 0 bridgehead atoms. The molecule has 0 saturated carbocycles. The molecule has 1 fully saturated rings. The van der Waals surface area contributed by atoms with Crippen molar-refractivity contribution in [1.82, 2.24) is 4.98 Å². The largest absolute Gasteiger partial charge is 0.478 e. The molecule has 17 heavy (non-hydrogen) atoms. The lowest BCUT2D eigenvalue weighted by molar-refractivity contribution is -0.00556. The van der Waals surface area contributed by atoms with Crippen LogP contribution in [-0.2, 0) is 4.74 Å². The second kappa shape index (κ2) is 4.71. The van der Waals surface area contributed by atoms with Gasteiger partial charge in [-0.1, -0.05) is 0 Å². The van der Waals surface area contributed by atoms with Crippen molar-refractivity contribution in [2.45, 2.75) is 26.1 Å². The zero-order chi connectivity index (χ0) is 12.4. The number of carboxylic acid groups (broad SMARTS) is 1. The Bertz CT molecular complexity index is 412. The number of rotatable bonds is 2. The molecule has 5 nitrogen and oxygen atoms in total. The van der Waals surface area contributed by atoms with E-state index in [1.807, 2.05) is 18.7 Å². The van der Waals surface area contributed by atoms with Crippen molar-refractivity contribution < 1.29 is 14.6 Å². The number of anilines is 1. The summed E-state index contributed by atoms with van der Waals surface area (Å²) in [6, 6.07) is 3.22. The molecule has 0 aliphatic carbocycles. The maximum Gasteiger partial charge on any atom is 0.339 e.